The molecule has 26 heavy (non-hydrogen) atoms. The van der Waals surface area contributed by atoms with E-state index in [0.717, 1.165) is 11.1 Å². The van der Waals surface area contributed by atoms with E-state index in [0.29, 0.717) is 30.7 Å². The summed E-state index contributed by atoms with van der Waals surface area (Å²) in [7, 11) is -3.73. The van der Waals surface area contributed by atoms with Crippen molar-refractivity contribution in [1.29, 1.82) is 5.26 Å². The molecule has 1 saturated carbocycles. The van der Waals surface area contributed by atoms with Crippen LogP contribution in [-0.4, -0.2) is 24.7 Å². The Hall–Kier alpha value is -1.90. The van der Waals surface area contributed by atoms with Gasteiger partial charge >= 0.3 is 0 Å². The van der Waals surface area contributed by atoms with Gasteiger partial charge in [0.1, 0.15) is 5.78 Å². The number of Topliss-reactive ketones (excluding diaryl/α,β-unsaturated/α-hetero) is 1. The maximum atomic E-state index is 13.0. The number of rotatable bonds is 4. The predicted octanol–water partition coefficient (Wildman–Crippen LogP) is 4.03. The molecule has 0 saturated heterocycles. The van der Waals surface area contributed by atoms with E-state index in [1.807, 2.05) is 36.4 Å². The summed E-state index contributed by atoms with van der Waals surface area (Å²) in [5.74, 6) is 0.0301. The van der Waals surface area contributed by atoms with E-state index in [9.17, 15) is 18.5 Å². The van der Waals surface area contributed by atoms with Crippen molar-refractivity contribution in [3.05, 3.63) is 53.1 Å². The fraction of sp³-hybridized carbons (Fsp3) is 0.400. The van der Waals surface area contributed by atoms with Crippen LogP contribution in [0.2, 0.25) is 0 Å². The Bertz CT molecular complexity index is 902. The lowest BCUT2D eigenvalue weighted by molar-refractivity contribution is -0.120. The molecule has 1 atom stereocenters. The molecule has 0 radical (unpaired) electrons. The lowest BCUT2D eigenvalue weighted by Gasteiger charge is -2.30. The summed E-state index contributed by atoms with van der Waals surface area (Å²) in [5, 5.41) is 10.1. The highest BCUT2D eigenvalue weighted by Crippen LogP contribution is 2.40. The lowest BCUT2D eigenvalue weighted by Crippen LogP contribution is -2.40. The van der Waals surface area contributed by atoms with Crippen LogP contribution >= 0.6 is 11.6 Å². The molecular weight excluding hydrogens is 370 g/mol. The molecule has 1 unspecified atom stereocenters. The van der Waals surface area contributed by atoms with Crippen LogP contribution in [0.4, 0.5) is 0 Å². The summed E-state index contributed by atoms with van der Waals surface area (Å²) < 4.78 is 24.4. The van der Waals surface area contributed by atoms with Crippen molar-refractivity contribution in [3.8, 4) is 6.07 Å². The average molecular weight is 390 g/mol. The minimum absolute atomic E-state index is 0.0419. The Morgan fingerprint density at radius 2 is 1.85 bits per heavy atom. The molecule has 0 bridgehead atoms. The summed E-state index contributed by atoms with van der Waals surface area (Å²) in [6, 6.07) is 11.5. The van der Waals surface area contributed by atoms with Crippen molar-refractivity contribution >= 4 is 32.8 Å². The Kier molecular flexibility index (Phi) is 5.36. The molecule has 2 aliphatic rings. The molecule has 0 amide bonds. The zero-order chi connectivity index (χ0) is 18.8. The third kappa shape index (κ3) is 3.62. The maximum absolute atomic E-state index is 13.0. The highest BCUT2D eigenvalue weighted by atomic mass is 35.5. The van der Waals surface area contributed by atoms with Gasteiger partial charge in [-0.25, -0.2) is 8.42 Å². The fourth-order valence-corrected chi connectivity index (χ4v) is 6.04. The molecule has 3 rings (SSSR count). The fourth-order valence-electron chi connectivity index (χ4n) is 3.55. The first kappa shape index (κ1) is 18.9. The van der Waals surface area contributed by atoms with Crippen LogP contribution in [0.15, 0.2) is 47.5 Å². The van der Waals surface area contributed by atoms with Gasteiger partial charge in [-0.3, -0.25) is 4.79 Å². The largest absolute Gasteiger partial charge is 0.300 e. The SMILES string of the molecule is N#CC1(S(=O)(=O)CC2CCC(=O)CC2)C=CC(c2ccccc2)=C(Cl)C1. The van der Waals surface area contributed by atoms with E-state index in [-0.39, 0.29) is 23.9 Å². The molecule has 136 valence electrons. The van der Waals surface area contributed by atoms with Crippen LogP contribution in [0.5, 0.6) is 0 Å². The smallest absolute Gasteiger partial charge is 0.181 e. The number of ketones is 1. The highest BCUT2D eigenvalue weighted by molar-refractivity contribution is 7.93. The van der Waals surface area contributed by atoms with Crippen LogP contribution in [0.1, 0.15) is 37.7 Å². The number of sulfone groups is 1. The monoisotopic (exact) mass is 389 g/mol. The molecule has 2 aliphatic carbocycles. The molecular formula is C20H20ClNO3S. The Balaban J connectivity index is 1.84. The van der Waals surface area contributed by atoms with Crippen LogP contribution in [0.25, 0.3) is 5.57 Å². The summed E-state index contributed by atoms with van der Waals surface area (Å²) in [6.07, 6.45) is 5.07. The van der Waals surface area contributed by atoms with Gasteiger partial charge in [0.05, 0.1) is 11.8 Å². The molecule has 1 aromatic rings. The van der Waals surface area contributed by atoms with Gasteiger partial charge in [-0.2, -0.15) is 5.26 Å². The van der Waals surface area contributed by atoms with Gasteiger partial charge in [0.25, 0.3) is 0 Å². The second-order valence-corrected chi connectivity index (χ2v) is 9.71. The molecule has 1 aromatic carbocycles. The van der Waals surface area contributed by atoms with Gasteiger partial charge in [0.2, 0.25) is 0 Å². The van der Waals surface area contributed by atoms with Gasteiger partial charge < -0.3 is 0 Å². The Morgan fingerprint density at radius 1 is 1.19 bits per heavy atom. The van der Waals surface area contributed by atoms with Crippen molar-refractivity contribution < 1.29 is 13.2 Å². The maximum Gasteiger partial charge on any atom is 0.181 e. The van der Waals surface area contributed by atoms with Crippen LogP contribution in [0, 0.1) is 17.2 Å². The number of carbonyl (C=O) groups excluding carboxylic acids is 1. The van der Waals surface area contributed by atoms with Crippen molar-refractivity contribution in [2.75, 3.05) is 5.75 Å². The molecule has 1 fully saturated rings. The molecule has 0 spiro atoms. The van der Waals surface area contributed by atoms with Crippen LogP contribution in [-0.2, 0) is 14.6 Å². The second kappa shape index (κ2) is 7.38. The molecule has 0 aromatic heterocycles. The van der Waals surface area contributed by atoms with Crippen molar-refractivity contribution in [2.45, 2.75) is 36.9 Å². The minimum Gasteiger partial charge on any atom is -0.300 e. The molecule has 6 heteroatoms. The number of allylic oxidation sites excluding steroid dienone is 3. The number of hydrogen-bond acceptors (Lipinski definition) is 4. The summed E-state index contributed by atoms with van der Waals surface area (Å²) >= 11 is 6.42. The Labute approximate surface area is 159 Å². The van der Waals surface area contributed by atoms with Gasteiger partial charge in [-0.15, -0.1) is 0 Å². The zero-order valence-corrected chi connectivity index (χ0v) is 15.9. The molecule has 0 N–H and O–H groups in total. The van der Waals surface area contributed by atoms with E-state index in [2.05, 4.69) is 0 Å². The number of benzene rings is 1. The highest BCUT2D eigenvalue weighted by Gasteiger charge is 2.45. The third-order valence-corrected chi connectivity index (χ3v) is 7.91. The number of nitrogens with zero attached hydrogens (tertiary/aromatic N) is 1. The minimum atomic E-state index is -3.73. The number of carbonyl (C=O) groups is 1. The van der Waals surface area contributed by atoms with E-state index < -0.39 is 14.6 Å². The van der Waals surface area contributed by atoms with Crippen molar-refractivity contribution in [3.63, 3.8) is 0 Å². The van der Waals surface area contributed by atoms with Crippen LogP contribution in [0.3, 0.4) is 0 Å². The molecule has 0 heterocycles. The van der Waals surface area contributed by atoms with E-state index in [1.54, 1.807) is 6.08 Å². The second-order valence-electron chi connectivity index (χ2n) is 6.96. The van der Waals surface area contributed by atoms with Gasteiger partial charge in [0, 0.05) is 24.3 Å². The van der Waals surface area contributed by atoms with Crippen LogP contribution < -0.4 is 0 Å². The van der Waals surface area contributed by atoms with E-state index in [1.165, 1.54) is 6.08 Å². The number of hydrogen-bond donors (Lipinski definition) is 0. The molecule has 0 aliphatic heterocycles. The van der Waals surface area contributed by atoms with Gasteiger partial charge in [-0.1, -0.05) is 48.0 Å². The number of nitriles is 1. The topological polar surface area (TPSA) is 75.0 Å². The lowest BCUT2D eigenvalue weighted by atomic mass is 9.90. The van der Waals surface area contributed by atoms with Crippen molar-refractivity contribution in [2.24, 2.45) is 5.92 Å². The summed E-state index contributed by atoms with van der Waals surface area (Å²) in [6.45, 7) is 0. The zero-order valence-electron chi connectivity index (χ0n) is 14.3. The van der Waals surface area contributed by atoms with E-state index >= 15 is 0 Å². The van der Waals surface area contributed by atoms with Crippen molar-refractivity contribution in [1.82, 2.24) is 0 Å². The molecule has 4 nitrogen and oxygen atoms in total. The standard InChI is InChI=1S/C20H20ClNO3S/c21-19-12-20(14-22,11-10-18(19)16-4-2-1-3-5-16)26(24,25)13-15-6-8-17(23)9-7-15/h1-5,10-11,15H,6-9,12-13H2. The third-order valence-electron chi connectivity index (χ3n) is 5.18. The van der Waals surface area contributed by atoms with Gasteiger partial charge in [-0.05, 0) is 36.0 Å². The quantitative estimate of drug-likeness (QED) is 0.778. The van der Waals surface area contributed by atoms with Gasteiger partial charge in [0.15, 0.2) is 14.6 Å². The average Bonchev–Trinajstić information content (AvgIpc) is 2.64. The first-order valence-corrected chi connectivity index (χ1v) is 10.7. The number of halogens is 1. The predicted molar refractivity (Wildman–Crippen MR) is 102 cm³/mol. The normalized spacial score (nSPS) is 24.5. The first-order valence-electron chi connectivity index (χ1n) is 8.65. The Morgan fingerprint density at radius 3 is 2.42 bits per heavy atom. The summed E-state index contributed by atoms with van der Waals surface area (Å²) in [5.41, 5.74) is 1.64. The first-order chi connectivity index (χ1) is 12.4. The van der Waals surface area contributed by atoms with E-state index in [4.69, 9.17) is 11.6 Å². The summed E-state index contributed by atoms with van der Waals surface area (Å²) in [4.78, 5) is 11.4.